The summed E-state index contributed by atoms with van der Waals surface area (Å²) in [5, 5.41) is 11.4. The molecule has 0 atom stereocenters. The van der Waals surface area contributed by atoms with E-state index in [4.69, 9.17) is 10.5 Å². The van der Waals surface area contributed by atoms with Crippen LogP contribution in [0.25, 0.3) is 0 Å². The molecule has 0 fully saturated rings. The normalized spacial score (nSPS) is 9.84. The Kier molecular flexibility index (Phi) is 4.05. The minimum atomic E-state index is -0.383. The van der Waals surface area contributed by atoms with Gasteiger partial charge < -0.3 is 10.5 Å². The van der Waals surface area contributed by atoms with Crippen molar-refractivity contribution in [2.24, 2.45) is 12.8 Å². The van der Waals surface area contributed by atoms with Crippen LogP contribution in [-0.2, 0) is 13.7 Å². The molecule has 2 aromatic rings. The summed E-state index contributed by atoms with van der Waals surface area (Å²) in [6.45, 7) is 0.332. The number of benzene rings is 1. The standard InChI is InChI=1S/C12H12FN5O/c1-18-16-12(15-17-18)8-19-11-5-4-10(13)7-9(11)3-2-6-14/h4-5,7H,6,8,14H2,1H3. The number of ether oxygens (including phenoxy) is 1. The van der Waals surface area contributed by atoms with E-state index in [9.17, 15) is 4.39 Å². The molecule has 2 N–H and O–H groups in total. The van der Waals surface area contributed by atoms with Gasteiger partial charge in [-0.15, -0.1) is 10.2 Å². The fourth-order valence-electron chi connectivity index (χ4n) is 1.40. The van der Waals surface area contributed by atoms with Gasteiger partial charge in [0.2, 0.25) is 5.82 Å². The van der Waals surface area contributed by atoms with Crippen molar-refractivity contribution in [2.75, 3.05) is 6.54 Å². The highest BCUT2D eigenvalue weighted by atomic mass is 19.1. The highest BCUT2D eigenvalue weighted by Gasteiger charge is 2.06. The summed E-state index contributed by atoms with van der Waals surface area (Å²) in [5.41, 5.74) is 5.73. The maximum absolute atomic E-state index is 13.1. The van der Waals surface area contributed by atoms with Crippen molar-refractivity contribution in [1.29, 1.82) is 0 Å². The van der Waals surface area contributed by atoms with Crippen LogP contribution in [0.3, 0.4) is 0 Å². The number of halogens is 1. The molecule has 7 heteroatoms. The van der Waals surface area contributed by atoms with Gasteiger partial charge in [-0.3, -0.25) is 0 Å². The molecule has 1 aromatic heterocycles. The van der Waals surface area contributed by atoms with Crippen molar-refractivity contribution in [3.63, 3.8) is 0 Å². The molecule has 19 heavy (non-hydrogen) atoms. The molecule has 98 valence electrons. The summed E-state index contributed by atoms with van der Waals surface area (Å²) in [5.74, 6) is 5.92. The van der Waals surface area contributed by atoms with Crippen LogP contribution in [0.1, 0.15) is 11.4 Å². The molecular weight excluding hydrogens is 249 g/mol. The average Bonchev–Trinajstić information content (AvgIpc) is 2.81. The zero-order valence-electron chi connectivity index (χ0n) is 10.3. The zero-order valence-corrected chi connectivity index (χ0v) is 10.3. The van der Waals surface area contributed by atoms with E-state index in [-0.39, 0.29) is 19.0 Å². The van der Waals surface area contributed by atoms with Crippen molar-refractivity contribution < 1.29 is 9.13 Å². The van der Waals surface area contributed by atoms with Crippen molar-refractivity contribution in [2.45, 2.75) is 6.61 Å². The number of hydrogen-bond donors (Lipinski definition) is 1. The molecule has 0 amide bonds. The Morgan fingerprint density at radius 2 is 2.32 bits per heavy atom. The monoisotopic (exact) mass is 261 g/mol. The van der Waals surface area contributed by atoms with E-state index in [1.165, 1.54) is 23.0 Å². The summed E-state index contributed by atoms with van der Waals surface area (Å²) < 4.78 is 18.6. The molecule has 2 rings (SSSR count). The first kappa shape index (κ1) is 13.0. The molecular formula is C12H12FN5O. The summed E-state index contributed by atoms with van der Waals surface area (Å²) in [7, 11) is 1.66. The number of hydrogen-bond acceptors (Lipinski definition) is 5. The second-order valence-electron chi connectivity index (χ2n) is 3.63. The van der Waals surface area contributed by atoms with E-state index < -0.39 is 0 Å². The van der Waals surface area contributed by atoms with Gasteiger partial charge in [-0.05, 0) is 23.4 Å². The van der Waals surface area contributed by atoms with E-state index in [1.807, 2.05) is 0 Å². The van der Waals surface area contributed by atoms with Crippen LogP contribution in [0.2, 0.25) is 0 Å². The Balaban J connectivity index is 2.15. The van der Waals surface area contributed by atoms with E-state index in [2.05, 4.69) is 27.3 Å². The molecule has 0 bridgehead atoms. The van der Waals surface area contributed by atoms with Gasteiger partial charge in [-0.2, -0.15) is 4.80 Å². The molecule has 0 aliphatic carbocycles. The molecule has 0 saturated carbocycles. The topological polar surface area (TPSA) is 78.8 Å². The van der Waals surface area contributed by atoms with Gasteiger partial charge in [0.25, 0.3) is 0 Å². The Bertz CT molecular complexity index is 629. The number of nitrogens with two attached hydrogens (primary N) is 1. The number of aromatic nitrogens is 4. The molecule has 0 aliphatic heterocycles. The SMILES string of the molecule is Cn1nnc(COc2ccc(F)cc2C#CCN)n1. The predicted molar refractivity (Wildman–Crippen MR) is 65.5 cm³/mol. The van der Waals surface area contributed by atoms with Gasteiger partial charge in [-0.1, -0.05) is 11.8 Å². The fraction of sp³-hybridized carbons (Fsp3) is 0.250. The first-order valence-corrected chi connectivity index (χ1v) is 5.53. The molecule has 0 spiro atoms. The third kappa shape index (κ3) is 3.50. The third-order valence-corrected chi connectivity index (χ3v) is 2.17. The van der Waals surface area contributed by atoms with Crippen LogP contribution in [0.5, 0.6) is 5.75 Å². The van der Waals surface area contributed by atoms with Gasteiger partial charge >= 0.3 is 0 Å². The van der Waals surface area contributed by atoms with E-state index in [0.717, 1.165) is 0 Å². The van der Waals surface area contributed by atoms with Crippen molar-refractivity contribution >= 4 is 0 Å². The van der Waals surface area contributed by atoms with Gasteiger partial charge in [0.15, 0.2) is 6.61 Å². The highest BCUT2D eigenvalue weighted by Crippen LogP contribution is 2.19. The minimum absolute atomic E-state index is 0.136. The van der Waals surface area contributed by atoms with Crippen LogP contribution >= 0.6 is 0 Å². The maximum Gasteiger partial charge on any atom is 0.212 e. The van der Waals surface area contributed by atoms with E-state index >= 15 is 0 Å². The quantitative estimate of drug-likeness (QED) is 0.801. The number of aryl methyl sites for hydroxylation is 1. The lowest BCUT2D eigenvalue weighted by Crippen LogP contribution is -2.01. The van der Waals surface area contributed by atoms with Crippen LogP contribution in [0.4, 0.5) is 4.39 Å². The number of rotatable bonds is 3. The van der Waals surface area contributed by atoms with Crippen LogP contribution < -0.4 is 10.5 Å². The Labute approximate surface area is 109 Å². The van der Waals surface area contributed by atoms with E-state index in [0.29, 0.717) is 17.1 Å². The van der Waals surface area contributed by atoms with Crippen molar-refractivity contribution in [3.05, 3.63) is 35.4 Å². The van der Waals surface area contributed by atoms with Gasteiger partial charge in [0.05, 0.1) is 19.2 Å². The van der Waals surface area contributed by atoms with Gasteiger partial charge in [0, 0.05) is 0 Å². The Morgan fingerprint density at radius 1 is 1.47 bits per heavy atom. The van der Waals surface area contributed by atoms with Gasteiger partial charge in [-0.25, -0.2) is 4.39 Å². The van der Waals surface area contributed by atoms with E-state index in [1.54, 1.807) is 7.05 Å². The lowest BCUT2D eigenvalue weighted by Gasteiger charge is -2.05. The predicted octanol–water partition coefficient (Wildman–Crippen LogP) is 0.238. The largest absolute Gasteiger partial charge is 0.484 e. The van der Waals surface area contributed by atoms with Crippen molar-refractivity contribution in [1.82, 2.24) is 20.2 Å². The minimum Gasteiger partial charge on any atom is -0.484 e. The molecule has 6 nitrogen and oxygen atoms in total. The lowest BCUT2D eigenvalue weighted by molar-refractivity contribution is 0.294. The first-order chi connectivity index (χ1) is 9.19. The summed E-state index contributed by atoms with van der Waals surface area (Å²) >= 11 is 0. The average molecular weight is 261 g/mol. The summed E-state index contributed by atoms with van der Waals surface area (Å²) in [6, 6.07) is 4.10. The molecule has 0 radical (unpaired) electrons. The molecule has 1 heterocycles. The van der Waals surface area contributed by atoms with Crippen LogP contribution in [-0.4, -0.2) is 26.8 Å². The summed E-state index contributed by atoms with van der Waals surface area (Å²) in [6.07, 6.45) is 0. The van der Waals surface area contributed by atoms with Crippen molar-refractivity contribution in [3.8, 4) is 17.6 Å². The Morgan fingerprint density at radius 3 is 3.00 bits per heavy atom. The van der Waals surface area contributed by atoms with Crippen LogP contribution in [0, 0.1) is 17.7 Å². The fourth-order valence-corrected chi connectivity index (χ4v) is 1.40. The molecule has 0 saturated heterocycles. The smallest absolute Gasteiger partial charge is 0.212 e. The van der Waals surface area contributed by atoms with Crippen LogP contribution in [0.15, 0.2) is 18.2 Å². The zero-order chi connectivity index (χ0) is 13.7. The second kappa shape index (κ2) is 5.93. The van der Waals surface area contributed by atoms with Gasteiger partial charge in [0.1, 0.15) is 11.6 Å². The lowest BCUT2D eigenvalue weighted by atomic mass is 10.2. The Hall–Kier alpha value is -2.46. The highest BCUT2D eigenvalue weighted by molar-refractivity contribution is 5.46. The second-order valence-corrected chi connectivity index (χ2v) is 3.63. The molecule has 0 aliphatic rings. The number of nitrogens with zero attached hydrogens (tertiary/aromatic N) is 4. The first-order valence-electron chi connectivity index (χ1n) is 5.53. The molecule has 1 aromatic carbocycles. The summed E-state index contributed by atoms with van der Waals surface area (Å²) in [4.78, 5) is 1.33. The molecule has 0 unspecified atom stereocenters. The third-order valence-electron chi connectivity index (χ3n) is 2.17. The number of tetrazole rings is 1. The maximum atomic E-state index is 13.1.